The first kappa shape index (κ1) is 14.3. The van der Waals surface area contributed by atoms with Crippen LogP contribution in [0.15, 0.2) is 24.3 Å². The van der Waals surface area contributed by atoms with E-state index in [0.717, 1.165) is 5.56 Å². The third-order valence-electron chi connectivity index (χ3n) is 3.29. The second-order valence-corrected chi connectivity index (χ2v) is 7.73. The Balaban J connectivity index is 2.00. The Hall–Kier alpha value is -1.07. The number of benzene rings is 1. The summed E-state index contributed by atoms with van der Waals surface area (Å²) in [6.45, 7) is 3.08. The number of hydrogen-bond acceptors (Lipinski definition) is 3. The van der Waals surface area contributed by atoms with Crippen molar-refractivity contribution in [1.82, 2.24) is 4.72 Å². The maximum Gasteiger partial charge on any atom is 0.237 e. The molecule has 0 aliphatic heterocycles. The van der Waals surface area contributed by atoms with Crippen LogP contribution in [-0.4, -0.2) is 19.6 Å². The number of amides is 1. The third kappa shape index (κ3) is 3.28. The standard InChI is InChI=1S/C13H16ClNO3S/c1-8(2)19(17,18)15-13(16)12-7-11(12)9-3-5-10(14)6-4-9/h3-6,8,11-12H,7H2,1-2H3,(H,15,16)/t11-,12+/m0/s1. The highest BCUT2D eigenvalue weighted by Crippen LogP contribution is 2.47. The Labute approximate surface area is 118 Å². The molecule has 0 aromatic heterocycles. The molecule has 19 heavy (non-hydrogen) atoms. The van der Waals surface area contributed by atoms with E-state index in [1.54, 1.807) is 26.0 Å². The smallest absolute Gasteiger partial charge is 0.237 e. The van der Waals surface area contributed by atoms with Crippen molar-refractivity contribution in [1.29, 1.82) is 0 Å². The molecule has 0 spiro atoms. The van der Waals surface area contributed by atoms with E-state index < -0.39 is 21.2 Å². The van der Waals surface area contributed by atoms with E-state index in [2.05, 4.69) is 4.72 Å². The molecular weight excluding hydrogens is 286 g/mol. The molecule has 104 valence electrons. The van der Waals surface area contributed by atoms with Crippen molar-refractivity contribution >= 4 is 27.5 Å². The highest BCUT2D eigenvalue weighted by molar-refractivity contribution is 7.90. The fraction of sp³-hybridized carbons (Fsp3) is 0.462. The lowest BCUT2D eigenvalue weighted by molar-refractivity contribution is -0.120. The van der Waals surface area contributed by atoms with Gasteiger partial charge in [-0.2, -0.15) is 0 Å². The second-order valence-electron chi connectivity index (χ2n) is 5.06. The predicted octanol–water partition coefficient (Wildman–Crippen LogP) is 2.30. The van der Waals surface area contributed by atoms with E-state index in [1.807, 2.05) is 12.1 Å². The number of nitrogens with one attached hydrogen (secondary N) is 1. The number of rotatable bonds is 4. The minimum atomic E-state index is -3.54. The Morgan fingerprint density at radius 3 is 2.42 bits per heavy atom. The maximum atomic E-state index is 11.9. The molecule has 1 aliphatic rings. The van der Waals surface area contributed by atoms with Crippen molar-refractivity contribution in [3.05, 3.63) is 34.9 Å². The van der Waals surface area contributed by atoms with Crippen molar-refractivity contribution in [2.45, 2.75) is 31.4 Å². The lowest BCUT2D eigenvalue weighted by Gasteiger charge is -2.09. The van der Waals surface area contributed by atoms with Crippen molar-refractivity contribution in [2.75, 3.05) is 0 Å². The summed E-state index contributed by atoms with van der Waals surface area (Å²) in [5.41, 5.74) is 1.02. The summed E-state index contributed by atoms with van der Waals surface area (Å²) in [7, 11) is -3.54. The average Bonchev–Trinajstić information content (AvgIpc) is 3.09. The van der Waals surface area contributed by atoms with Gasteiger partial charge in [-0.25, -0.2) is 8.42 Å². The van der Waals surface area contributed by atoms with Gasteiger partial charge in [-0.3, -0.25) is 9.52 Å². The average molecular weight is 302 g/mol. The van der Waals surface area contributed by atoms with Crippen LogP contribution in [0.5, 0.6) is 0 Å². The summed E-state index contributed by atoms with van der Waals surface area (Å²) in [5, 5.41) is 0.0389. The van der Waals surface area contributed by atoms with Gasteiger partial charge in [-0.15, -0.1) is 0 Å². The van der Waals surface area contributed by atoms with E-state index in [1.165, 1.54) is 0 Å². The van der Waals surface area contributed by atoms with Crippen LogP contribution in [0.3, 0.4) is 0 Å². The first-order valence-corrected chi connectivity index (χ1v) is 8.04. The molecule has 2 rings (SSSR count). The van der Waals surface area contributed by atoms with Crippen LogP contribution in [0, 0.1) is 5.92 Å². The van der Waals surface area contributed by atoms with Crippen LogP contribution in [0.4, 0.5) is 0 Å². The number of carbonyl (C=O) groups excluding carboxylic acids is 1. The molecule has 1 aliphatic carbocycles. The van der Waals surface area contributed by atoms with Gasteiger partial charge in [0, 0.05) is 10.9 Å². The predicted molar refractivity (Wildman–Crippen MR) is 74.5 cm³/mol. The van der Waals surface area contributed by atoms with Crippen molar-refractivity contribution < 1.29 is 13.2 Å². The molecular formula is C13H16ClNO3S. The topological polar surface area (TPSA) is 63.2 Å². The molecule has 0 unspecified atom stereocenters. The van der Waals surface area contributed by atoms with E-state index >= 15 is 0 Å². The fourth-order valence-corrected chi connectivity index (χ4v) is 2.69. The van der Waals surface area contributed by atoms with E-state index in [-0.39, 0.29) is 11.8 Å². The van der Waals surface area contributed by atoms with Gasteiger partial charge in [0.1, 0.15) is 0 Å². The lowest BCUT2D eigenvalue weighted by Crippen LogP contribution is -2.36. The largest absolute Gasteiger partial charge is 0.274 e. The SMILES string of the molecule is CC(C)S(=O)(=O)NC(=O)[C@@H]1C[C@H]1c1ccc(Cl)cc1. The normalized spacial score (nSPS) is 22.3. The maximum absolute atomic E-state index is 11.9. The Morgan fingerprint density at radius 1 is 1.32 bits per heavy atom. The summed E-state index contributed by atoms with van der Waals surface area (Å²) in [5.74, 6) is -0.567. The van der Waals surface area contributed by atoms with Gasteiger partial charge in [0.25, 0.3) is 0 Å². The quantitative estimate of drug-likeness (QED) is 0.928. The first-order chi connectivity index (χ1) is 8.81. The van der Waals surface area contributed by atoms with Crippen molar-refractivity contribution in [3.8, 4) is 0 Å². The van der Waals surface area contributed by atoms with Gasteiger partial charge in [-0.05, 0) is 43.9 Å². The molecule has 1 aromatic carbocycles. The molecule has 0 radical (unpaired) electrons. The molecule has 0 bridgehead atoms. The molecule has 0 heterocycles. The Bertz CT molecular complexity index is 580. The highest BCUT2D eigenvalue weighted by atomic mass is 35.5. The van der Waals surface area contributed by atoms with E-state index in [0.29, 0.717) is 11.4 Å². The van der Waals surface area contributed by atoms with Crippen LogP contribution in [0.2, 0.25) is 5.02 Å². The number of halogens is 1. The number of hydrogen-bond donors (Lipinski definition) is 1. The zero-order valence-corrected chi connectivity index (χ0v) is 12.3. The van der Waals surface area contributed by atoms with Crippen LogP contribution < -0.4 is 4.72 Å². The van der Waals surface area contributed by atoms with Gasteiger partial charge in [0.05, 0.1) is 5.25 Å². The summed E-state index contributed by atoms with van der Waals surface area (Å²) in [4.78, 5) is 11.9. The Kier molecular flexibility index (Phi) is 3.87. The van der Waals surface area contributed by atoms with E-state index in [9.17, 15) is 13.2 Å². The zero-order chi connectivity index (χ0) is 14.2. The van der Waals surface area contributed by atoms with Crippen LogP contribution >= 0.6 is 11.6 Å². The van der Waals surface area contributed by atoms with Gasteiger partial charge in [0.2, 0.25) is 15.9 Å². The molecule has 1 aromatic rings. The molecule has 1 amide bonds. The molecule has 2 atom stereocenters. The fourth-order valence-electron chi connectivity index (χ4n) is 1.90. The molecule has 6 heteroatoms. The van der Waals surface area contributed by atoms with Crippen LogP contribution in [-0.2, 0) is 14.8 Å². The van der Waals surface area contributed by atoms with Crippen molar-refractivity contribution in [2.24, 2.45) is 5.92 Å². The molecule has 1 N–H and O–H groups in total. The summed E-state index contributed by atoms with van der Waals surface area (Å²) < 4.78 is 25.4. The Morgan fingerprint density at radius 2 is 1.89 bits per heavy atom. The van der Waals surface area contributed by atoms with Gasteiger partial charge < -0.3 is 0 Å². The minimum absolute atomic E-state index is 0.0969. The monoisotopic (exact) mass is 301 g/mol. The molecule has 0 saturated heterocycles. The first-order valence-electron chi connectivity index (χ1n) is 6.12. The van der Waals surface area contributed by atoms with Gasteiger partial charge in [-0.1, -0.05) is 23.7 Å². The minimum Gasteiger partial charge on any atom is -0.274 e. The summed E-state index contributed by atoms with van der Waals surface area (Å²) in [6, 6.07) is 7.29. The number of carbonyl (C=O) groups is 1. The highest BCUT2D eigenvalue weighted by Gasteiger charge is 2.45. The summed E-state index contributed by atoms with van der Waals surface area (Å²) >= 11 is 5.80. The molecule has 4 nitrogen and oxygen atoms in total. The number of sulfonamides is 1. The summed E-state index contributed by atoms with van der Waals surface area (Å²) in [6.07, 6.45) is 0.682. The zero-order valence-electron chi connectivity index (χ0n) is 10.8. The van der Waals surface area contributed by atoms with E-state index in [4.69, 9.17) is 11.6 Å². The molecule has 1 fully saturated rings. The second kappa shape index (κ2) is 5.13. The van der Waals surface area contributed by atoms with Gasteiger partial charge >= 0.3 is 0 Å². The third-order valence-corrected chi connectivity index (χ3v) is 5.27. The van der Waals surface area contributed by atoms with Crippen molar-refractivity contribution in [3.63, 3.8) is 0 Å². The lowest BCUT2D eigenvalue weighted by atomic mass is 10.1. The van der Waals surface area contributed by atoms with Gasteiger partial charge in [0.15, 0.2) is 0 Å². The molecule has 1 saturated carbocycles. The van der Waals surface area contributed by atoms with Crippen LogP contribution in [0.1, 0.15) is 31.7 Å². The van der Waals surface area contributed by atoms with Crippen LogP contribution in [0.25, 0.3) is 0 Å².